The molecule has 0 bridgehead atoms. The molecule has 1 heterocycles. The van der Waals surface area contributed by atoms with Gasteiger partial charge in [0.2, 0.25) is 0 Å². The van der Waals surface area contributed by atoms with Crippen molar-refractivity contribution < 1.29 is 14.5 Å². The van der Waals surface area contributed by atoms with Crippen molar-refractivity contribution in [2.24, 2.45) is 0 Å². The number of amides is 1. The number of ether oxygens (including phenoxy) is 1. The number of hydrogen-bond acceptors (Lipinski definition) is 5. The molecule has 2 aromatic carbocycles. The fraction of sp³-hybridized carbons (Fsp3) is 0.316. The Balaban J connectivity index is 1.59. The van der Waals surface area contributed by atoms with Crippen LogP contribution < -0.4 is 4.90 Å². The van der Waals surface area contributed by atoms with Gasteiger partial charge in [0.05, 0.1) is 4.92 Å². The highest BCUT2D eigenvalue weighted by Gasteiger charge is 2.25. The van der Waals surface area contributed by atoms with Gasteiger partial charge in [-0.15, -0.1) is 0 Å². The van der Waals surface area contributed by atoms with Gasteiger partial charge in [-0.2, -0.15) is 0 Å². The third-order valence-corrected chi connectivity index (χ3v) is 4.85. The molecule has 3 rings (SSSR count). The van der Waals surface area contributed by atoms with E-state index < -0.39 is 4.92 Å². The Hall–Kier alpha value is -2.80. The molecule has 0 N–H and O–H groups in total. The maximum atomic E-state index is 12.2. The summed E-state index contributed by atoms with van der Waals surface area (Å²) in [6.45, 7) is 4.22. The summed E-state index contributed by atoms with van der Waals surface area (Å²) in [6.07, 6.45) is -0.350. The predicted molar refractivity (Wildman–Crippen MR) is 103 cm³/mol. The largest absolute Gasteiger partial charge is 0.445 e. The standard InChI is InChI=1S/C19H20ClN3O4/c1-14-11-16(20)18(23(25)26)12-17(14)21-7-9-22(10-8-21)19(24)27-13-15-5-3-2-4-6-15/h2-6,11-12H,7-10,13H2,1H3. The van der Waals surface area contributed by atoms with Gasteiger partial charge >= 0.3 is 6.09 Å². The smallest absolute Gasteiger partial charge is 0.410 e. The minimum absolute atomic E-state index is 0.109. The first kappa shape index (κ1) is 19.0. The average Bonchev–Trinajstić information content (AvgIpc) is 2.67. The molecule has 0 radical (unpaired) electrons. The first-order chi connectivity index (χ1) is 13.0. The number of nitro benzene ring substituents is 1. The number of carbonyl (C=O) groups is 1. The molecule has 1 saturated heterocycles. The highest BCUT2D eigenvalue weighted by Crippen LogP contribution is 2.33. The molecule has 142 valence electrons. The SMILES string of the molecule is Cc1cc(Cl)c([N+](=O)[O-])cc1N1CCN(C(=O)OCc2ccccc2)CC1. The molecule has 8 heteroatoms. The van der Waals surface area contributed by atoms with E-state index in [9.17, 15) is 14.9 Å². The number of hydrogen-bond donors (Lipinski definition) is 0. The number of nitro groups is 1. The lowest BCUT2D eigenvalue weighted by Gasteiger charge is -2.36. The van der Waals surface area contributed by atoms with Gasteiger partial charge in [0, 0.05) is 37.9 Å². The van der Waals surface area contributed by atoms with E-state index in [0.29, 0.717) is 26.2 Å². The van der Waals surface area contributed by atoms with Crippen LogP contribution in [0.25, 0.3) is 0 Å². The highest BCUT2D eigenvalue weighted by molar-refractivity contribution is 6.32. The molecule has 0 saturated carbocycles. The van der Waals surface area contributed by atoms with E-state index in [2.05, 4.69) is 0 Å². The molecule has 27 heavy (non-hydrogen) atoms. The third-order valence-electron chi connectivity index (χ3n) is 4.55. The molecule has 0 aliphatic carbocycles. The molecule has 7 nitrogen and oxygen atoms in total. The molecule has 0 aromatic heterocycles. The zero-order chi connectivity index (χ0) is 19.4. The van der Waals surface area contributed by atoms with Crippen LogP contribution in [-0.2, 0) is 11.3 Å². The molecule has 1 aliphatic heterocycles. The van der Waals surface area contributed by atoms with Gasteiger partial charge in [-0.25, -0.2) is 4.79 Å². The van der Waals surface area contributed by atoms with E-state index in [4.69, 9.17) is 16.3 Å². The number of carbonyl (C=O) groups excluding carboxylic acids is 1. The van der Waals surface area contributed by atoms with Gasteiger partial charge in [-0.3, -0.25) is 10.1 Å². The Morgan fingerprint density at radius 2 is 1.85 bits per heavy atom. The average molecular weight is 390 g/mol. The van der Waals surface area contributed by atoms with Gasteiger partial charge in [0.15, 0.2) is 0 Å². The van der Waals surface area contributed by atoms with Gasteiger partial charge in [0.1, 0.15) is 11.6 Å². The normalized spacial score (nSPS) is 14.1. The van der Waals surface area contributed by atoms with Crippen molar-refractivity contribution in [1.29, 1.82) is 0 Å². The molecule has 0 unspecified atom stereocenters. The van der Waals surface area contributed by atoms with E-state index in [1.54, 1.807) is 11.0 Å². The van der Waals surface area contributed by atoms with Crippen LogP contribution in [0.3, 0.4) is 0 Å². The lowest BCUT2D eigenvalue weighted by atomic mass is 10.1. The van der Waals surface area contributed by atoms with Crippen LogP contribution >= 0.6 is 11.6 Å². The van der Waals surface area contributed by atoms with Crippen molar-refractivity contribution in [1.82, 2.24) is 4.90 Å². The quantitative estimate of drug-likeness (QED) is 0.583. The van der Waals surface area contributed by atoms with Crippen molar-refractivity contribution in [3.8, 4) is 0 Å². The zero-order valence-corrected chi connectivity index (χ0v) is 15.7. The first-order valence-electron chi connectivity index (χ1n) is 8.61. The van der Waals surface area contributed by atoms with Crippen LogP contribution in [-0.4, -0.2) is 42.1 Å². The third kappa shape index (κ3) is 4.49. The number of aryl methyl sites for hydroxylation is 1. The molecule has 0 spiro atoms. The maximum Gasteiger partial charge on any atom is 0.410 e. The second kappa shape index (κ2) is 8.26. The van der Waals surface area contributed by atoms with E-state index in [0.717, 1.165) is 16.8 Å². The predicted octanol–water partition coefficient (Wildman–Crippen LogP) is 4.02. The Morgan fingerprint density at radius 1 is 1.19 bits per heavy atom. The summed E-state index contributed by atoms with van der Waals surface area (Å²) in [4.78, 5) is 26.6. The summed E-state index contributed by atoms with van der Waals surface area (Å²) >= 11 is 5.96. The van der Waals surface area contributed by atoms with Gasteiger partial charge in [0.25, 0.3) is 5.69 Å². The first-order valence-corrected chi connectivity index (χ1v) is 8.98. The summed E-state index contributed by atoms with van der Waals surface area (Å²) in [6, 6.07) is 12.6. The Bertz CT molecular complexity index is 836. The second-order valence-corrected chi connectivity index (χ2v) is 6.77. The Morgan fingerprint density at radius 3 is 2.48 bits per heavy atom. The number of piperazine rings is 1. The van der Waals surface area contributed by atoms with Crippen LogP contribution in [0.2, 0.25) is 5.02 Å². The fourth-order valence-corrected chi connectivity index (χ4v) is 3.36. The van der Waals surface area contributed by atoms with Gasteiger partial charge < -0.3 is 14.5 Å². The van der Waals surface area contributed by atoms with Crippen LogP contribution in [0.5, 0.6) is 0 Å². The molecule has 1 fully saturated rings. The number of rotatable bonds is 4. The van der Waals surface area contributed by atoms with Crippen LogP contribution in [0.4, 0.5) is 16.2 Å². The van der Waals surface area contributed by atoms with Crippen molar-refractivity contribution in [2.45, 2.75) is 13.5 Å². The molecule has 2 aromatic rings. The number of anilines is 1. The summed E-state index contributed by atoms with van der Waals surface area (Å²) in [5.74, 6) is 0. The number of benzene rings is 2. The zero-order valence-electron chi connectivity index (χ0n) is 14.9. The van der Waals surface area contributed by atoms with Gasteiger partial charge in [-0.1, -0.05) is 41.9 Å². The Kier molecular flexibility index (Phi) is 5.81. The topological polar surface area (TPSA) is 75.9 Å². The van der Waals surface area contributed by atoms with Crippen molar-refractivity contribution in [3.63, 3.8) is 0 Å². The molecular weight excluding hydrogens is 370 g/mol. The van der Waals surface area contributed by atoms with E-state index in [-0.39, 0.29) is 23.4 Å². The lowest BCUT2D eigenvalue weighted by molar-refractivity contribution is -0.384. The fourth-order valence-electron chi connectivity index (χ4n) is 3.07. The van der Waals surface area contributed by atoms with Crippen molar-refractivity contribution >= 4 is 29.1 Å². The molecule has 1 aliphatic rings. The lowest BCUT2D eigenvalue weighted by Crippen LogP contribution is -2.49. The van der Waals surface area contributed by atoms with Crippen LogP contribution in [0.1, 0.15) is 11.1 Å². The molecular formula is C19H20ClN3O4. The minimum Gasteiger partial charge on any atom is -0.445 e. The van der Waals surface area contributed by atoms with Crippen LogP contribution in [0, 0.1) is 17.0 Å². The van der Waals surface area contributed by atoms with E-state index in [1.165, 1.54) is 6.07 Å². The molecule has 1 amide bonds. The minimum atomic E-state index is -0.484. The van der Waals surface area contributed by atoms with Crippen LogP contribution in [0.15, 0.2) is 42.5 Å². The summed E-state index contributed by atoms with van der Waals surface area (Å²) < 4.78 is 5.36. The van der Waals surface area contributed by atoms with Crippen molar-refractivity contribution in [3.05, 3.63) is 68.7 Å². The molecule has 0 atom stereocenters. The highest BCUT2D eigenvalue weighted by atomic mass is 35.5. The van der Waals surface area contributed by atoms with E-state index in [1.807, 2.05) is 42.2 Å². The summed E-state index contributed by atoms with van der Waals surface area (Å²) in [5.41, 5.74) is 2.46. The number of nitrogens with zero attached hydrogens (tertiary/aromatic N) is 3. The maximum absolute atomic E-state index is 12.2. The summed E-state index contributed by atoms with van der Waals surface area (Å²) in [5, 5.41) is 11.3. The monoisotopic (exact) mass is 389 g/mol. The van der Waals surface area contributed by atoms with Gasteiger partial charge in [-0.05, 0) is 24.1 Å². The summed E-state index contributed by atoms with van der Waals surface area (Å²) in [7, 11) is 0. The van der Waals surface area contributed by atoms with Crippen molar-refractivity contribution in [2.75, 3.05) is 31.1 Å². The second-order valence-electron chi connectivity index (χ2n) is 6.36. The number of halogens is 1. The Labute approximate surface area is 162 Å². The van der Waals surface area contributed by atoms with E-state index >= 15 is 0 Å².